The number of ether oxygens (including phenoxy) is 1. The van der Waals surface area contributed by atoms with E-state index in [1.54, 1.807) is 49.9 Å². The van der Waals surface area contributed by atoms with Gasteiger partial charge in [0, 0.05) is 23.4 Å². The molecule has 1 N–H and O–H groups in total. The largest absolute Gasteiger partial charge is 0.507 e. The molecule has 0 bridgehead atoms. The Bertz CT molecular complexity index is 862. The molecule has 0 atom stereocenters. The Labute approximate surface area is 132 Å². The van der Waals surface area contributed by atoms with E-state index in [0.29, 0.717) is 27.5 Å². The van der Waals surface area contributed by atoms with E-state index in [4.69, 9.17) is 16.3 Å². The summed E-state index contributed by atoms with van der Waals surface area (Å²) in [4.78, 5) is 8.75. The minimum Gasteiger partial charge on any atom is -0.507 e. The lowest BCUT2D eigenvalue weighted by Gasteiger charge is -2.04. The van der Waals surface area contributed by atoms with Crippen molar-refractivity contribution < 1.29 is 9.84 Å². The van der Waals surface area contributed by atoms with Crippen LogP contribution >= 0.6 is 11.6 Å². The van der Waals surface area contributed by atoms with Crippen LogP contribution in [0.3, 0.4) is 0 Å². The molecule has 4 nitrogen and oxygen atoms in total. The summed E-state index contributed by atoms with van der Waals surface area (Å²) in [6.45, 7) is 0. The highest BCUT2D eigenvalue weighted by Gasteiger charge is 2.05. The fourth-order valence-corrected chi connectivity index (χ4v) is 2.34. The van der Waals surface area contributed by atoms with Gasteiger partial charge in [-0.3, -0.25) is 9.98 Å². The summed E-state index contributed by atoms with van der Waals surface area (Å²) < 4.78 is 5.15. The van der Waals surface area contributed by atoms with Crippen LogP contribution in [-0.2, 0) is 0 Å². The van der Waals surface area contributed by atoms with Gasteiger partial charge in [-0.05, 0) is 42.5 Å². The predicted octanol–water partition coefficient (Wildman–Crippen LogP) is 4.35. The summed E-state index contributed by atoms with van der Waals surface area (Å²) >= 11 is 6.16. The summed E-state index contributed by atoms with van der Waals surface area (Å²) in [6, 6.07) is 12.3. The van der Waals surface area contributed by atoms with Crippen LogP contribution in [0.5, 0.6) is 11.5 Å². The maximum Gasteiger partial charge on any atom is 0.124 e. The zero-order valence-corrected chi connectivity index (χ0v) is 12.6. The number of rotatable bonds is 3. The minimum atomic E-state index is 0.135. The third-order valence-electron chi connectivity index (χ3n) is 3.27. The van der Waals surface area contributed by atoms with Gasteiger partial charge in [0.2, 0.25) is 0 Å². The zero-order valence-electron chi connectivity index (χ0n) is 11.8. The van der Waals surface area contributed by atoms with Gasteiger partial charge in [0.15, 0.2) is 0 Å². The monoisotopic (exact) mass is 312 g/mol. The Balaban J connectivity index is 2.05. The highest BCUT2D eigenvalue weighted by molar-refractivity contribution is 6.35. The molecule has 0 aliphatic carbocycles. The average Bonchev–Trinajstić information content (AvgIpc) is 2.56. The fraction of sp³-hybridized carbons (Fsp3) is 0.0588. The van der Waals surface area contributed by atoms with Crippen LogP contribution in [0.2, 0.25) is 5.02 Å². The normalized spacial score (nSPS) is 11.2. The summed E-state index contributed by atoms with van der Waals surface area (Å²) in [5.41, 5.74) is 1.97. The predicted molar refractivity (Wildman–Crippen MR) is 88.7 cm³/mol. The second-order valence-corrected chi connectivity index (χ2v) is 5.06. The van der Waals surface area contributed by atoms with Gasteiger partial charge in [0.1, 0.15) is 11.5 Å². The number of phenolic OH excluding ortho intramolecular Hbond substituents is 1. The van der Waals surface area contributed by atoms with Gasteiger partial charge < -0.3 is 9.84 Å². The number of methoxy groups -OCH3 is 1. The molecule has 110 valence electrons. The molecule has 0 amide bonds. The molecular weight excluding hydrogens is 300 g/mol. The second kappa shape index (κ2) is 6.03. The Morgan fingerprint density at radius 2 is 2.09 bits per heavy atom. The van der Waals surface area contributed by atoms with Crippen molar-refractivity contribution >= 4 is 34.4 Å². The molecule has 3 rings (SSSR count). The number of benzene rings is 2. The number of aromatic nitrogens is 1. The number of nitrogens with zero attached hydrogens (tertiary/aromatic N) is 2. The van der Waals surface area contributed by atoms with E-state index in [2.05, 4.69) is 9.98 Å². The van der Waals surface area contributed by atoms with Crippen LogP contribution in [-0.4, -0.2) is 23.4 Å². The van der Waals surface area contributed by atoms with Crippen molar-refractivity contribution in [3.8, 4) is 11.5 Å². The van der Waals surface area contributed by atoms with E-state index in [1.807, 2.05) is 12.1 Å². The van der Waals surface area contributed by atoms with Gasteiger partial charge in [-0.15, -0.1) is 0 Å². The number of halogens is 1. The lowest BCUT2D eigenvalue weighted by atomic mass is 10.2. The quantitative estimate of drug-likeness (QED) is 0.731. The molecule has 0 aliphatic rings. The number of pyridine rings is 1. The SMILES string of the molecule is COc1ccc(O)c(C=Nc2ccc(Cl)c3cccnc23)c1. The number of aliphatic imine (C=N–C) groups is 1. The first-order valence-electron chi connectivity index (χ1n) is 6.63. The lowest BCUT2D eigenvalue weighted by Crippen LogP contribution is -1.87. The molecule has 1 heterocycles. The maximum atomic E-state index is 9.88. The van der Waals surface area contributed by atoms with Gasteiger partial charge in [-0.25, -0.2) is 0 Å². The van der Waals surface area contributed by atoms with Crippen LogP contribution in [0.1, 0.15) is 5.56 Å². The van der Waals surface area contributed by atoms with Crippen molar-refractivity contribution in [2.45, 2.75) is 0 Å². The average molecular weight is 313 g/mol. The van der Waals surface area contributed by atoms with E-state index in [1.165, 1.54) is 0 Å². The molecule has 3 aromatic rings. The van der Waals surface area contributed by atoms with Crippen molar-refractivity contribution in [1.29, 1.82) is 0 Å². The number of hydrogen-bond donors (Lipinski definition) is 1. The van der Waals surface area contributed by atoms with E-state index in [0.717, 1.165) is 5.39 Å². The lowest BCUT2D eigenvalue weighted by molar-refractivity contribution is 0.412. The first-order valence-corrected chi connectivity index (χ1v) is 7.01. The molecule has 1 aromatic heterocycles. The minimum absolute atomic E-state index is 0.135. The third kappa shape index (κ3) is 2.73. The molecule has 5 heteroatoms. The fourth-order valence-electron chi connectivity index (χ4n) is 2.13. The van der Waals surface area contributed by atoms with Gasteiger partial charge in [-0.1, -0.05) is 11.6 Å². The highest BCUT2D eigenvalue weighted by Crippen LogP contribution is 2.30. The van der Waals surface area contributed by atoms with E-state index < -0.39 is 0 Å². The molecule has 0 saturated carbocycles. The Kier molecular flexibility index (Phi) is 3.94. The molecule has 0 saturated heterocycles. The third-order valence-corrected chi connectivity index (χ3v) is 3.60. The number of fused-ring (bicyclic) bond motifs is 1. The highest BCUT2D eigenvalue weighted by atomic mass is 35.5. The number of phenols is 1. The molecular formula is C17H13ClN2O2. The van der Waals surface area contributed by atoms with Gasteiger partial charge in [0.25, 0.3) is 0 Å². The Morgan fingerprint density at radius 3 is 2.91 bits per heavy atom. The van der Waals surface area contributed by atoms with Gasteiger partial charge in [-0.2, -0.15) is 0 Å². The van der Waals surface area contributed by atoms with Crippen molar-refractivity contribution in [2.75, 3.05) is 7.11 Å². The molecule has 0 aliphatic heterocycles. The second-order valence-electron chi connectivity index (χ2n) is 4.65. The maximum absolute atomic E-state index is 9.88. The van der Waals surface area contributed by atoms with E-state index >= 15 is 0 Å². The molecule has 0 fully saturated rings. The van der Waals surface area contributed by atoms with Crippen molar-refractivity contribution in [2.24, 2.45) is 4.99 Å². The molecule has 0 radical (unpaired) electrons. The molecule has 0 spiro atoms. The van der Waals surface area contributed by atoms with Crippen LogP contribution < -0.4 is 4.74 Å². The first kappa shape index (κ1) is 14.4. The number of aromatic hydroxyl groups is 1. The topological polar surface area (TPSA) is 54.7 Å². The van der Waals surface area contributed by atoms with Gasteiger partial charge >= 0.3 is 0 Å². The van der Waals surface area contributed by atoms with Crippen LogP contribution in [0, 0.1) is 0 Å². The summed E-state index contributed by atoms with van der Waals surface area (Å²) in [5, 5.41) is 11.4. The molecule has 0 unspecified atom stereocenters. The van der Waals surface area contributed by atoms with Crippen LogP contribution in [0.15, 0.2) is 53.7 Å². The molecule has 2 aromatic carbocycles. The van der Waals surface area contributed by atoms with Crippen molar-refractivity contribution in [1.82, 2.24) is 4.98 Å². The smallest absolute Gasteiger partial charge is 0.124 e. The molecule has 22 heavy (non-hydrogen) atoms. The van der Waals surface area contributed by atoms with Crippen LogP contribution in [0.4, 0.5) is 5.69 Å². The first-order chi connectivity index (χ1) is 10.7. The standard InChI is InChI=1S/C17H13ClN2O2/c1-22-12-4-7-16(21)11(9-12)10-20-15-6-5-14(18)13-3-2-8-19-17(13)15/h2-10,21H,1H3. The van der Waals surface area contributed by atoms with Crippen molar-refractivity contribution in [3.05, 3.63) is 59.2 Å². The van der Waals surface area contributed by atoms with E-state index in [9.17, 15) is 5.11 Å². The Hall–Kier alpha value is -2.59. The summed E-state index contributed by atoms with van der Waals surface area (Å²) in [7, 11) is 1.57. The summed E-state index contributed by atoms with van der Waals surface area (Å²) in [6.07, 6.45) is 3.27. The zero-order chi connectivity index (χ0) is 15.5. The summed E-state index contributed by atoms with van der Waals surface area (Å²) in [5.74, 6) is 0.786. The number of hydrogen-bond acceptors (Lipinski definition) is 4. The Morgan fingerprint density at radius 1 is 1.23 bits per heavy atom. The van der Waals surface area contributed by atoms with Crippen molar-refractivity contribution in [3.63, 3.8) is 0 Å². The van der Waals surface area contributed by atoms with Gasteiger partial charge in [0.05, 0.1) is 23.3 Å². The van der Waals surface area contributed by atoms with Crippen LogP contribution in [0.25, 0.3) is 10.9 Å². The van der Waals surface area contributed by atoms with E-state index in [-0.39, 0.29) is 5.75 Å².